The van der Waals surface area contributed by atoms with Gasteiger partial charge >= 0.3 is 0 Å². The van der Waals surface area contributed by atoms with E-state index in [1.54, 1.807) is 35.4 Å². The monoisotopic (exact) mass is 560 g/mol. The second-order valence-corrected chi connectivity index (χ2v) is 10.8. The molecule has 0 spiro atoms. The Balaban J connectivity index is 1.37. The van der Waals surface area contributed by atoms with Gasteiger partial charge < -0.3 is 20.7 Å². The molecule has 3 aliphatic rings. The van der Waals surface area contributed by atoms with Crippen LogP contribution < -0.4 is 20.5 Å². The number of hydrazine groups is 1. The van der Waals surface area contributed by atoms with Crippen molar-refractivity contribution in [2.75, 3.05) is 41.4 Å². The average molecular weight is 561 g/mol. The quantitative estimate of drug-likeness (QED) is 0.173. The summed E-state index contributed by atoms with van der Waals surface area (Å²) in [6.07, 6.45) is 2.49. The number of carbonyl (C=O) groups excluding carboxylic acids is 2. The Labute approximate surface area is 234 Å². The fourth-order valence-electron chi connectivity index (χ4n) is 5.57. The first-order chi connectivity index (χ1) is 19.4. The summed E-state index contributed by atoms with van der Waals surface area (Å²) < 4.78 is 0. The molecule has 3 aliphatic heterocycles. The van der Waals surface area contributed by atoms with Gasteiger partial charge in [-0.05, 0) is 35.7 Å². The molecule has 0 saturated carbocycles. The number of imide groups is 1. The molecule has 40 heavy (non-hydrogen) atoms. The first-order valence-electron chi connectivity index (χ1n) is 13.1. The molecule has 1 unspecified atom stereocenters. The number of rotatable bonds is 7. The van der Waals surface area contributed by atoms with Crippen molar-refractivity contribution in [1.29, 1.82) is 0 Å². The number of nitro groups is 1. The van der Waals surface area contributed by atoms with Crippen molar-refractivity contribution in [2.24, 2.45) is 5.92 Å². The van der Waals surface area contributed by atoms with Gasteiger partial charge in [0.2, 0.25) is 5.91 Å². The number of benzene rings is 2. The third-order valence-electron chi connectivity index (χ3n) is 7.53. The maximum Gasteiger partial charge on any atom is 0.269 e. The maximum absolute atomic E-state index is 14.2. The van der Waals surface area contributed by atoms with Crippen LogP contribution in [0.3, 0.4) is 0 Å². The number of aliphatic hydroxyl groups is 1. The Morgan fingerprint density at radius 2 is 1.70 bits per heavy atom. The molecule has 2 amide bonds. The molecule has 6 rings (SSSR count). The van der Waals surface area contributed by atoms with E-state index in [4.69, 9.17) is 0 Å². The predicted molar refractivity (Wildman–Crippen MR) is 152 cm³/mol. The summed E-state index contributed by atoms with van der Waals surface area (Å²) in [6.45, 7) is 3.12. The zero-order chi connectivity index (χ0) is 27.8. The van der Waals surface area contributed by atoms with Crippen LogP contribution in [0.25, 0.3) is 0 Å². The van der Waals surface area contributed by atoms with E-state index < -0.39 is 34.9 Å². The molecule has 0 aliphatic carbocycles. The number of carbonyl (C=O) groups is 2. The van der Waals surface area contributed by atoms with Crippen LogP contribution in [0.2, 0.25) is 0 Å². The van der Waals surface area contributed by atoms with Crippen molar-refractivity contribution >= 4 is 45.9 Å². The molecule has 3 N–H and O–H groups in total. The lowest BCUT2D eigenvalue weighted by Crippen LogP contribution is -2.55. The zero-order valence-corrected chi connectivity index (χ0v) is 22.2. The number of para-hydroxylation sites is 2. The number of non-ortho nitro benzene ring substituents is 1. The normalized spacial score (nSPS) is 23.8. The first kappa shape index (κ1) is 26.1. The molecular weight excluding hydrogens is 532 g/mol. The van der Waals surface area contributed by atoms with Gasteiger partial charge in [-0.3, -0.25) is 19.7 Å². The van der Waals surface area contributed by atoms with Crippen molar-refractivity contribution in [3.63, 3.8) is 0 Å². The lowest BCUT2D eigenvalue weighted by atomic mass is 9.92. The molecule has 2 fully saturated rings. The number of nitro benzene ring substituents is 1. The fourth-order valence-corrected chi connectivity index (χ4v) is 6.32. The lowest BCUT2D eigenvalue weighted by molar-refractivity contribution is -0.384. The Morgan fingerprint density at radius 3 is 2.38 bits per heavy atom. The van der Waals surface area contributed by atoms with Crippen LogP contribution in [0.15, 0.2) is 78.2 Å². The smallest absolute Gasteiger partial charge is 0.269 e. The van der Waals surface area contributed by atoms with E-state index >= 15 is 0 Å². The van der Waals surface area contributed by atoms with Gasteiger partial charge in [0, 0.05) is 48.9 Å². The number of anilines is 3. The number of hydrogen-bond donors (Lipinski definition) is 3. The summed E-state index contributed by atoms with van der Waals surface area (Å²) in [6, 6.07) is 15.3. The Morgan fingerprint density at radius 1 is 0.975 bits per heavy atom. The van der Waals surface area contributed by atoms with Gasteiger partial charge in [0.1, 0.15) is 12.1 Å². The molecule has 11 nitrogen and oxygen atoms in total. The van der Waals surface area contributed by atoms with Crippen molar-refractivity contribution in [3.05, 3.63) is 93.2 Å². The fraction of sp³-hybridized carbons (Fsp3) is 0.286. The number of amides is 2. The summed E-state index contributed by atoms with van der Waals surface area (Å²) in [4.78, 5) is 42.8. The van der Waals surface area contributed by atoms with Gasteiger partial charge in [-0.1, -0.05) is 30.4 Å². The number of fused-ring (bicyclic) bond motifs is 1. The molecule has 2 saturated heterocycles. The molecule has 2 aromatic carbocycles. The largest absolute Gasteiger partial charge is 0.386 e. The lowest BCUT2D eigenvalue weighted by Gasteiger charge is -2.40. The van der Waals surface area contributed by atoms with Crippen LogP contribution in [-0.2, 0) is 9.59 Å². The van der Waals surface area contributed by atoms with E-state index in [2.05, 4.69) is 15.6 Å². The second kappa shape index (κ2) is 10.8. The molecule has 4 atom stereocenters. The summed E-state index contributed by atoms with van der Waals surface area (Å²) in [7, 11) is 0. The average Bonchev–Trinajstić information content (AvgIpc) is 3.61. The van der Waals surface area contributed by atoms with Gasteiger partial charge in [0.25, 0.3) is 11.6 Å². The van der Waals surface area contributed by atoms with Crippen molar-refractivity contribution in [2.45, 2.75) is 18.2 Å². The first-order valence-corrected chi connectivity index (χ1v) is 13.9. The van der Waals surface area contributed by atoms with E-state index in [0.29, 0.717) is 16.3 Å². The van der Waals surface area contributed by atoms with Crippen LogP contribution in [0.5, 0.6) is 0 Å². The number of piperazine rings is 1. The SMILES string of the molecule is O=C1C2[C@@H](C=C[C@H]([C@H](O)c3cccs3)N2Nc2ccc([N+](=O)[O-])cc2)C(=O)N1c1ccccc1N1CCNCC1. The molecule has 0 radical (unpaired) electrons. The third kappa shape index (κ3) is 4.64. The molecule has 206 valence electrons. The highest BCUT2D eigenvalue weighted by atomic mass is 32.1. The summed E-state index contributed by atoms with van der Waals surface area (Å²) in [5, 5.41) is 29.3. The number of thiophene rings is 1. The van der Waals surface area contributed by atoms with Crippen LogP contribution in [0.4, 0.5) is 22.7 Å². The van der Waals surface area contributed by atoms with E-state index in [-0.39, 0.29) is 11.6 Å². The van der Waals surface area contributed by atoms with Gasteiger partial charge in [-0.2, -0.15) is 0 Å². The van der Waals surface area contributed by atoms with E-state index in [9.17, 15) is 24.8 Å². The highest BCUT2D eigenvalue weighted by molar-refractivity contribution is 7.10. The molecule has 0 bridgehead atoms. The number of aliphatic hydroxyl groups excluding tert-OH is 1. The molecular formula is C28H28N6O5S. The zero-order valence-electron chi connectivity index (χ0n) is 21.4. The van der Waals surface area contributed by atoms with Gasteiger partial charge in [-0.15, -0.1) is 11.3 Å². The van der Waals surface area contributed by atoms with Crippen LogP contribution in [-0.4, -0.2) is 65.1 Å². The number of hydrogen-bond acceptors (Lipinski definition) is 10. The minimum Gasteiger partial charge on any atom is -0.386 e. The molecule has 12 heteroatoms. The molecule has 3 aromatic rings. The Kier molecular flexibility index (Phi) is 7.07. The van der Waals surface area contributed by atoms with Crippen molar-refractivity contribution in [1.82, 2.24) is 10.3 Å². The minimum atomic E-state index is -0.979. The van der Waals surface area contributed by atoms with Gasteiger partial charge in [0.15, 0.2) is 0 Å². The predicted octanol–water partition coefficient (Wildman–Crippen LogP) is 2.93. The highest BCUT2D eigenvalue weighted by Crippen LogP contribution is 2.41. The Bertz CT molecular complexity index is 1440. The molecule has 1 aromatic heterocycles. The summed E-state index contributed by atoms with van der Waals surface area (Å²) >= 11 is 1.39. The standard InChI is InChI=1S/C28H28N6O5S/c35-26(24-6-3-17-40-24)23-12-11-20-25(33(23)30-18-7-9-19(10-8-18)34(38)39)28(37)32(27(20)36)22-5-2-1-4-21(22)31-15-13-29-14-16-31/h1-12,17,20,23,25-26,29-30,35H,13-16H2/t20-,23-,25?,26+/m1/s1. The third-order valence-corrected chi connectivity index (χ3v) is 8.47. The van der Waals surface area contributed by atoms with Crippen LogP contribution >= 0.6 is 11.3 Å². The van der Waals surface area contributed by atoms with Gasteiger partial charge in [0.05, 0.1) is 28.3 Å². The Hall–Kier alpha value is -4.10. The van der Waals surface area contributed by atoms with Crippen LogP contribution in [0.1, 0.15) is 11.0 Å². The highest BCUT2D eigenvalue weighted by Gasteiger charge is 2.54. The van der Waals surface area contributed by atoms with Gasteiger partial charge in [-0.25, -0.2) is 9.91 Å². The minimum absolute atomic E-state index is 0.0695. The number of nitrogens with one attached hydrogen (secondary N) is 2. The number of nitrogens with zero attached hydrogens (tertiary/aromatic N) is 4. The van der Waals surface area contributed by atoms with Crippen molar-refractivity contribution < 1.29 is 19.6 Å². The summed E-state index contributed by atoms with van der Waals surface area (Å²) in [5.41, 5.74) is 4.97. The molecule has 4 heterocycles. The van der Waals surface area contributed by atoms with Crippen molar-refractivity contribution in [3.8, 4) is 0 Å². The maximum atomic E-state index is 14.2. The van der Waals surface area contributed by atoms with E-state index in [1.165, 1.54) is 28.4 Å². The van der Waals surface area contributed by atoms with Crippen LogP contribution in [0, 0.1) is 16.0 Å². The second-order valence-electron chi connectivity index (χ2n) is 9.87. The van der Waals surface area contributed by atoms with E-state index in [0.717, 1.165) is 31.9 Å². The topological polar surface area (TPSA) is 131 Å². The summed E-state index contributed by atoms with van der Waals surface area (Å²) in [5.74, 6) is -1.52. The van der Waals surface area contributed by atoms with E-state index in [1.807, 2.05) is 35.7 Å².